The largest absolute Gasteiger partial charge is 0.480 e. The van der Waals surface area contributed by atoms with Crippen LogP contribution in [0.2, 0.25) is 0 Å². The summed E-state index contributed by atoms with van der Waals surface area (Å²) in [7, 11) is 0. The summed E-state index contributed by atoms with van der Waals surface area (Å²) in [6.07, 6.45) is 6.17. The van der Waals surface area contributed by atoms with Crippen molar-refractivity contribution in [1.82, 2.24) is 20.1 Å². The van der Waals surface area contributed by atoms with Crippen LogP contribution >= 0.6 is 0 Å². The van der Waals surface area contributed by atoms with Gasteiger partial charge in [-0.1, -0.05) is 19.9 Å². The summed E-state index contributed by atoms with van der Waals surface area (Å²) >= 11 is 0. The molecule has 7 nitrogen and oxygen atoms in total. The number of carboxylic acids is 1. The summed E-state index contributed by atoms with van der Waals surface area (Å²) in [5, 5.41) is 12.1. The summed E-state index contributed by atoms with van der Waals surface area (Å²) in [6.45, 7) is 5.67. The van der Waals surface area contributed by atoms with Crippen LogP contribution in [0.15, 0.2) is 24.5 Å². The molecule has 26 heavy (non-hydrogen) atoms. The molecule has 2 heterocycles. The standard InChI is InChI=1S/C19H28N4O3/c1-3-22(12-18(24)25)16-8-15(9-16)21-19(26)23-11-13(2)7-17(23)14-5-4-6-20-10-14/h4-6,10,13,15-17H,3,7-9,11-12H2,1-2H3,(H,21,26)(H,24,25). The Balaban J connectivity index is 1.54. The number of hydrogen-bond acceptors (Lipinski definition) is 4. The van der Waals surface area contributed by atoms with E-state index in [2.05, 4.69) is 17.2 Å². The number of carbonyl (C=O) groups is 2. The zero-order valence-corrected chi connectivity index (χ0v) is 15.5. The Morgan fingerprint density at radius 3 is 2.77 bits per heavy atom. The third-order valence-corrected chi connectivity index (χ3v) is 5.54. The molecule has 1 aliphatic carbocycles. The molecule has 1 aromatic heterocycles. The van der Waals surface area contributed by atoms with Gasteiger partial charge in [-0.25, -0.2) is 4.79 Å². The molecule has 1 aromatic rings. The van der Waals surface area contributed by atoms with Crippen molar-refractivity contribution < 1.29 is 14.7 Å². The normalized spacial score (nSPS) is 28.0. The van der Waals surface area contributed by atoms with Crippen LogP contribution in [-0.2, 0) is 4.79 Å². The summed E-state index contributed by atoms with van der Waals surface area (Å²) in [4.78, 5) is 31.8. The Kier molecular flexibility index (Phi) is 5.76. The van der Waals surface area contributed by atoms with Gasteiger partial charge in [0.1, 0.15) is 0 Å². The van der Waals surface area contributed by atoms with Gasteiger partial charge in [-0.2, -0.15) is 0 Å². The third-order valence-electron chi connectivity index (χ3n) is 5.54. The van der Waals surface area contributed by atoms with E-state index in [1.807, 2.05) is 35.1 Å². The Hall–Kier alpha value is -2.15. The SMILES string of the molecule is CCN(CC(=O)O)C1CC(NC(=O)N2CC(C)CC2c2cccnc2)C1. The fourth-order valence-corrected chi connectivity index (χ4v) is 4.09. The maximum Gasteiger partial charge on any atom is 0.318 e. The lowest BCUT2D eigenvalue weighted by atomic mass is 9.85. The van der Waals surface area contributed by atoms with Crippen LogP contribution < -0.4 is 5.32 Å². The molecule has 0 radical (unpaired) electrons. The first-order valence-electron chi connectivity index (χ1n) is 9.40. The molecule has 142 valence electrons. The first kappa shape index (κ1) is 18.6. The molecule has 2 unspecified atom stereocenters. The lowest BCUT2D eigenvalue weighted by Gasteiger charge is -2.43. The van der Waals surface area contributed by atoms with E-state index in [1.54, 1.807) is 6.20 Å². The number of carboxylic acid groups (broad SMARTS) is 1. The van der Waals surface area contributed by atoms with Crippen LogP contribution in [0.3, 0.4) is 0 Å². The average molecular weight is 360 g/mol. The molecule has 2 amide bonds. The van der Waals surface area contributed by atoms with E-state index in [0.717, 1.165) is 31.4 Å². The van der Waals surface area contributed by atoms with E-state index in [9.17, 15) is 9.59 Å². The molecular weight excluding hydrogens is 332 g/mol. The highest BCUT2D eigenvalue weighted by molar-refractivity contribution is 5.75. The number of amides is 2. The van der Waals surface area contributed by atoms with Crippen molar-refractivity contribution in [3.8, 4) is 0 Å². The van der Waals surface area contributed by atoms with Crippen molar-refractivity contribution in [2.24, 2.45) is 5.92 Å². The monoisotopic (exact) mass is 360 g/mol. The van der Waals surface area contributed by atoms with E-state index in [1.165, 1.54) is 0 Å². The number of rotatable bonds is 6. The number of likely N-dealkylation sites (tertiary alicyclic amines) is 1. The van der Waals surface area contributed by atoms with E-state index < -0.39 is 5.97 Å². The molecule has 2 atom stereocenters. The molecule has 7 heteroatoms. The fourth-order valence-electron chi connectivity index (χ4n) is 4.09. The Morgan fingerprint density at radius 1 is 1.38 bits per heavy atom. The second kappa shape index (κ2) is 8.03. The maximum absolute atomic E-state index is 12.8. The molecule has 3 rings (SSSR count). The predicted molar refractivity (Wildman–Crippen MR) is 97.7 cm³/mol. The van der Waals surface area contributed by atoms with Crippen molar-refractivity contribution in [2.75, 3.05) is 19.6 Å². The molecule has 1 saturated heterocycles. The van der Waals surface area contributed by atoms with Gasteiger partial charge in [0, 0.05) is 31.0 Å². The number of nitrogens with one attached hydrogen (secondary N) is 1. The van der Waals surface area contributed by atoms with E-state index in [4.69, 9.17) is 5.11 Å². The van der Waals surface area contributed by atoms with E-state index in [-0.39, 0.29) is 30.7 Å². The van der Waals surface area contributed by atoms with Crippen molar-refractivity contribution in [2.45, 2.75) is 51.2 Å². The van der Waals surface area contributed by atoms with Gasteiger partial charge in [-0.05, 0) is 43.4 Å². The number of nitrogens with zero attached hydrogens (tertiary/aromatic N) is 3. The number of hydrogen-bond donors (Lipinski definition) is 2. The van der Waals surface area contributed by atoms with Gasteiger partial charge < -0.3 is 15.3 Å². The minimum atomic E-state index is -0.801. The number of urea groups is 1. The van der Waals surface area contributed by atoms with Gasteiger partial charge in [0.25, 0.3) is 0 Å². The smallest absolute Gasteiger partial charge is 0.318 e. The van der Waals surface area contributed by atoms with Crippen molar-refractivity contribution >= 4 is 12.0 Å². The van der Waals surface area contributed by atoms with E-state index in [0.29, 0.717) is 12.5 Å². The van der Waals surface area contributed by atoms with Crippen molar-refractivity contribution in [3.05, 3.63) is 30.1 Å². The van der Waals surface area contributed by atoms with Crippen LogP contribution in [0.4, 0.5) is 4.79 Å². The van der Waals surface area contributed by atoms with Gasteiger partial charge in [0.15, 0.2) is 0 Å². The van der Waals surface area contributed by atoms with Gasteiger partial charge in [-0.3, -0.25) is 14.7 Å². The van der Waals surface area contributed by atoms with Crippen LogP contribution in [0.1, 0.15) is 44.7 Å². The van der Waals surface area contributed by atoms with Gasteiger partial charge >= 0.3 is 12.0 Å². The third kappa shape index (κ3) is 4.15. The quantitative estimate of drug-likeness (QED) is 0.811. The molecular formula is C19H28N4O3. The predicted octanol–water partition coefficient (Wildman–Crippen LogP) is 2.11. The zero-order chi connectivity index (χ0) is 18.7. The minimum Gasteiger partial charge on any atom is -0.480 e. The first-order valence-corrected chi connectivity index (χ1v) is 9.40. The molecule has 2 aliphatic rings. The second-order valence-corrected chi connectivity index (χ2v) is 7.52. The van der Waals surface area contributed by atoms with Crippen molar-refractivity contribution in [1.29, 1.82) is 0 Å². The maximum atomic E-state index is 12.8. The Bertz CT molecular complexity index is 633. The van der Waals surface area contributed by atoms with Crippen LogP contribution in [-0.4, -0.2) is 63.6 Å². The molecule has 2 N–H and O–H groups in total. The molecule has 1 saturated carbocycles. The number of pyridine rings is 1. The Labute approximate surface area is 154 Å². The fraction of sp³-hybridized carbons (Fsp3) is 0.632. The highest BCUT2D eigenvalue weighted by Gasteiger charge is 2.38. The summed E-state index contributed by atoms with van der Waals surface area (Å²) < 4.78 is 0. The summed E-state index contributed by atoms with van der Waals surface area (Å²) in [5.74, 6) is -0.337. The van der Waals surface area contributed by atoms with Gasteiger partial charge in [0.05, 0.1) is 12.6 Å². The highest BCUT2D eigenvalue weighted by Crippen LogP contribution is 2.35. The minimum absolute atomic E-state index is 0.0204. The van der Waals surface area contributed by atoms with Crippen LogP contribution in [0.5, 0.6) is 0 Å². The van der Waals surface area contributed by atoms with Crippen LogP contribution in [0.25, 0.3) is 0 Å². The lowest BCUT2D eigenvalue weighted by Crippen LogP contribution is -2.56. The van der Waals surface area contributed by atoms with Crippen LogP contribution in [0, 0.1) is 5.92 Å². The number of aliphatic carboxylic acids is 1. The molecule has 0 spiro atoms. The molecule has 0 bridgehead atoms. The molecule has 0 aromatic carbocycles. The van der Waals surface area contributed by atoms with E-state index >= 15 is 0 Å². The zero-order valence-electron chi connectivity index (χ0n) is 15.5. The van der Waals surface area contributed by atoms with Crippen molar-refractivity contribution in [3.63, 3.8) is 0 Å². The number of likely N-dealkylation sites (N-methyl/N-ethyl adjacent to an activating group) is 1. The summed E-state index contributed by atoms with van der Waals surface area (Å²) in [6, 6.07) is 4.36. The lowest BCUT2D eigenvalue weighted by molar-refractivity contribution is -0.139. The molecule has 1 aliphatic heterocycles. The van der Waals surface area contributed by atoms with Gasteiger partial charge in [-0.15, -0.1) is 0 Å². The number of aromatic nitrogens is 1. The highest BCUT2D eigenvalue weighted by atomic mass is 16.4. The summed E-state index contributed by atoms with van der Waals surface area (Å²) in [5.41, 5.74) is 1.08. The second-order valence-electron chi connectivity index (χ2n) is 7.52. The average Bonchev–Trinajstić information content (AvgIpc) is 2.98. The van der Waals surface area contributed by atoms with Gasteiger partial charge in [0.2, 0.25) is 0 Å². The Morgan fingerprint density at radius 2 is 2.15 bits per heavy atom. The first-order chi connectivity index (χ1) is 12.5. The molecule has 2 fully saturated rings. The number of carbonyl (C=O) groups excluding carboxylic acids is 1. The topological polar surface area (TPSA) is 85.8 Å².